The largest absolute Gasteiger partial charge is 0.396 e. The number of piperazine rings is 1. The van der Waals surface area contributed by atoms with E-state index < -0.39 is 0 Å². The lowest BCUT2D eigenvalue weighted by Crippen LogP contribution is -2.58. The second-order valence-electron chi connectivity index (χ2n) is 5.46. The highest BCUT2D eigenvalue weighted by molar-refractivity contribution is 4.88. The Morgan fingerprint density at radius 1 is 1.25 bits per heavy atom. The molecule has 3 nitrogen and oxygen atoms in total. The average molecular weight is 226 g/mol. The van der Waals surface area contributed by atoms with Gasteiger partial charge in [0.1, 0.15) is 0 Å². The summed E-state index contributed by atoms with van der Waals surface area (Å²) in [4.78, 5) is 2.69. The summed E-state index contributed by atoms with van der Waals surface area (Å²) in [6, 6.07) is 1.98. The van der Waals surface area contributed by atoms with Crippen LogP contribution in [0.2, 0.25) is 0 Å². The Bertz CT molecular complexity index is 204. The zero-order chi connectivity index (χ0) is 11.4. The summed E-state index contributed by atoms with van der Waals surface area (Å²) in [6.07, 6.45) is 7.91. The number of hydrogen-bond acceptors (Lipinski definition) is 3. The molecular weight excluding hydrogens is 200 g/mol. The third kappa shape index (κ3) is 2.96. The molecule has 1 aliphatic heterocycles. The van der Waals surface area contributed by atoms with E-state index in [9.17, 15) is 0 Å². The standard InChI is InChI=1S/C13H26N2O/c1-11-9-14-12(7-8-16)10-15(11)13-5-3-2-4-6-13/h11-14,16H,2-10H2,1H3. The molecule has 2 fully saturated rings. The molecule has 0 bridgehead atoms. The highest BCUT2D eigenvalue weighted by Gasteiger charge is 2.30. The second kappa shape index (κ2) is 5.99. The van der Waals surface area contributed by atoms with Gasteiger partial charge in [-0.2, -0.15) is 0 Å². The van der Waals surface area contributed by atoms with Crippen LogP contribution in [-0.4, -0.2) is 47.8 Å². The van der Waals surface area contributed by atoms with Crippen LogP contribution in [0.25, 0.3) is 0 Å². The zero-order valence-corrected chi connectivity index (χ0v) is 10.5. The monoisotopic (exact) mass is 226 g/mol. The van der Waals surface area contributed by atoms with Gasteiger partial charge in [0, 0.05) is 37.8 Å². The Hall–Kier alpha value is -0.120. The molecule has 2 N–H and O–H groups in total. The summed E-state index contributed by atoms with van der Waals surface area (Å²) in [7, 11) is 0. The smallest absolute Gasteiger partial charge is 0.0446 e. The van der Waals surface area contributed by atoms with Crippen molar-refractivity contribution in [3.8, 4) is 0 Å². The molecule has 0 aromatic heterocycles. The molecule has 3 heteroatoms. The first kappa shape index (κ1) is 12.3. The fraction of sp³-hybridized carbons (Fsp3) is 1.00. The predicted molar refractivity (Wildman–Crippen MR) is 66.5 cm³/mol. The molecule has 2 rings (SSSR count). The number of nitrogens with one attached hydrogen (secondary N) is 1. The van der Waals surface area contributed by atoms with Crippen LogP contribution in [0.3, 0.4) is 0 Å². The van der Waals surface area contributed by atoms with Gasteiger partial charge >= 0.3 is 0 Å². The van der Waals surface area contributed by atoms with E-state index in [1.807, 2.05) is 0 Å². The van der Waals surface area contributed by atoms with Crippen molar-refractivity contribution in [1.29, 1.82) is 0 Å². The normalized spacial score (nSPS) is 34.1. The van der Waals surface area contributed by atoms with E-state index in [-0.39, 0.29) is 0 Å². The van der Waals surface area contributed by atoms with Gasteiger partial charge in [0.15, 0.2) is 0 Å². The van der Waals surface area contributed by atoms with Crippen LogP contribution in [-0.2, 0) is 0 Å². The first-order valence-corrected chi connectivity index (χ1v) is 6.91. The lowest BCUT2D eigenvalue weighted by Gasteiger charge is -2.44. The predicted octanol–water partition coefficient (Wildman–Crippen LogP) is 1.36. The van der Waals surface area contributed by atoms with Gasteiger partial charge in [0.2, 0.25) is 0 Å². The fourth-order valence-electron chi connectivity index (χ4n) is 3.22. The van der Waals surface area contributed by atoms with Gasteiger partial charge < -0.3 is 10.4 Å². The van der Waals surface area contributed by atoms with Crippen LogP contribution >= 0.6 is 0 Å². The molecule has 0 aromatic carbocycles. The van der Waals surface area contributed by atoms with Gasteiger partial charge in [-0.15, -0.1) is 0 Å². The molecule has 94 valence electrons. The van der Waals surface area contributed by atoms with Crippen molar-refractivity contribution < 1.29 is 5.11 Å². The third-order valence-corrected chi connectivity index (χ3v) is 4.22. The van der Waals surface area contributed by atoms with Crippen LogP contribution in [0.15, 0.2) is 0 Å². The molecular formula is C13H26N2O. The summed E-state index contributed by atoms with van der Waals surface area (Å²) in [6.45, 7) is 4.86. The second-order valence-corrected chi connectivity index (χ2v) is 5.46. The van der Waals surface area contributed by atoms with Crippen LogP contribution in [0.4, 0.5) is 0 Å². The number of nitrogens with zero attached hydrogens (tertiary/aromatic N) is 1. The van der Waals surface area contributed by atoms with Crippen molar-refractivity contribution in [2.75, 3.05) is 19.7 Å². The van der Waals surface area contributed by atoms with E-state index in [2.05, 4.69) is 17.1 Å². The first-order valence-electron chi connectivity index (χ1n) is 6.91. The Morgan fingerprint density at radius 2 is 2.00 bits per heavy atom. The van der Waals surface area contributed by atoms with Crippen LogP contribution in [0.5, 0.6) is 0 Å². The molecule has 1 saturated heterocycles. The van der Waals surface area contributed by atoms with Gasteiger partial charge in [-0.05, 0) is 26.2 Å². The maximum Gasteiger partial charge on any atom is 0.0446 e. The van der Waals surface area contributed by atoms with E-state index in [4.69, 9.17) is 5.11 Å². The van der Waals surface area contributed by atoms with Crippen molar-refractivity contribution in [2.45, 2.75) is 63.6 Å². The number of aliphatic hydroxyl groups excluding tert-OH is 1. The highest BCUT2D eigenvalue weighted by Crippen LogP contribution is 2.25. The molecule has 0 spiro atoms. The van der Waals surface area contributed by atoms with Crippen LogP contribution in [0.1, 0.15) is 45.4 Å². The van der Waals surface area contributed by atoms with Crippen LogP contribution < -0.4 is 5.32 Å². The molecule has 16 heavy (non-hydrogen) atoms. The molecule has 2 atom stereocenters. The number of aliphatic hydroxyl groups is 1. The van der Waals surface area contributed by atoms with Crippen molar-refractivity contribution in [3.05, 3.63) is 0 Å². The number of hydrogen-bond donors (Lipinski definition) is 2. The van der Waals surface area contributed by atoms with Crippen molar-refractivity contribution in [3.63, 3.8) is 0 Å². The summed E-state index contributed by atoms with van der Waals surface area (Å²) in [5.74, 6) is 0. The minimum Gasteiger partial charge on any atom is -0.396 e. The van der Waals surface area contributed by atoms with Gasteiger partial charge in [0.25, 0.3) is 0 Å². The van der Waals surface area contributed by atoms with Crippen molar-refractivity contribution in [1.82, 2.24) is 10.2 Å². The van der Waals surface area contributed by atoms with E-state index >= 15 is 0 Å². The third-order valence-electron chi connectivity index (χ3n) is 4.22. The van der Waals surface area contributed by atoms with E-state index in [0.29, 0.717) is 18.7 Å². The maximum absolute atomic E-state index is 9.02. The average Bonchev–Trinajstić information content (AvgIpc) is 2.33. The van der Waals surface area contributed by atoms with E-state index in [1.54, 1.807) is 0 Å². The quantitative estimate of drug-likeness (QED) is 0.763. The first-order chi connectivity index (χ1) is 7.81. The summed E-state index contributed by atoms with van der Waals surface area (Å²) in [5.41, 5.74) is 0. The van der Waals surface area contributed by atoms with E-state index in [1.165, 1.54) is 32.1 Å². The molecule has 0 amide bonds. The Kier molecular flexibility index (Phi) is 4.62. The van der Waals surface area contributed by atoms with Crippen molar-refractivity contribution in [2.24, 2.45) is 0 Å². The summed E-state index contributed by atoms with van der Waals surface area (Å²) in [5, 5.41) is 12.6. The van der Waals surface area contributed by atoms with Gasteiger partial charge in [-0.1, -0.05) is 19.3 Å². The van der Waals surface area contributed by atoms with Gasteiger partial charge in [-0.3, -0.25) is 4.90 Å². The van der Waals surface area contributed by atoms with Gasteiger partial charge in [0.05, 0.1) is 0 Å². The fourth-order valence-corrected chi connectivity index (χ4v) is 3.22. The molecule has 0 aromatic rings. The lowest BCUT2D eigenvalue weighted by atomic mass is 9.92. The minimum absolute atomic E-state index is 0.310. The maximum atomic E-state index is 9.02. The molecule has 1 saturated carbocycles. The Balaban J connectivity index is 1.89. The highest BCUT2D eigenvalue weighted by atomic mass is 16.3. The lowest BCUT2D eigenvalue weighted by molar-refractivity contribution is 0.0637. The van der Waals surface area contributed by atoms with E-state index in [0.717, 1.165) is 25.6 Å². The van der Waals surface area contributed by atoms with Gasteiger partial charge in [-0.25, -0.2) is 0 Å². The SMILES string of the molecule is CC1CNC(CCO)CN1C1CCCCC1. The summed E-state index contributed by atoms with van der Waals surface area (Å²) < 4.78 is 0. The number of rotatable bonds is 3. The van der Waals surface area contributed by atoms with Crippen molar-refractivity contribution >= 4 is 0 Å². The molecule has 2 unspecified atom stereocenters. The molecule has 1 heterocycles. The molecule has 1 aliphatic carbocycles. The molecule has 2 aliphatic rings. The summed E-state index contributed by atoms with van der Waals surface area (Å²) >= 11 is 0. The topological polar surface area (TPSA) is 35.5 Å². The zero-order valence-electron chi connectivity index (χ0n) is 10.5. The molecule has 0 radical (unpaired) electrons. The van der Waals surface area contributed by atoms with Crippen LogP contribution in [0, 0.1) is 0 Å². The Morgan fingerprint density at radius 3 is 2.69 bits per heavy atom. The minimum atomic E-state index is 0.310. The Labute approximate surface area is 99.2 Å².